The second-order valence-corrected chi connectivity index (χ2v) is 0.900. The minimum absolute atomic E-state index is 0.0928. The normalized spacial score (nSPS) is 21.6. The Hall–Kier alpha value is -0.480. The van der Waals surface area contributed by atoms with Crippen molar-refractivity contribution in [3.8, 4) is 11.8 Å². The maximum atomic E-state index is 8.30. The fourth-order valence-corrected chi connectivity index (χ4v) is 0.163. The molecular formula is C6H10O. The predicted molar refractivity (Wildman–Crippen MR) is 29.8 cm³/mol. The smallest absolute Gasteiger partial charge is 0.0540 e. The van der Waals surface area contributed by atoms with E-state index in [0.717, 1.165) is 0 Å². The highest BCUT2D eigenvalue weighted by molar-refractivity contribution is 4.97. The third-order valence-corrected chi connectivity index (χ3v) is 0.388. The van der Waals surface area contributed by atoms with Crippen molar-refractivity contribution in [2.24, 2.45) is 0 Å². The average Bonchev–Trinajstić information content (AvgIpc) is 1.85. The van der Waals surface area contributed by atoms with Gasteiger partial charge in [0.15, 0.2) is 0 Å². The van der Waals surface area contributed by atoms with Crippen molar-refractivity contribution in [2.75, 3.05) is 6.61 Å². The van der Waals surface area contributed by atoms with Crippen molar-refractivity contribution in [3.63, 3.8) is 0 Å². The summed E-state index contributed by atoms with van der Waals surface area (Å²) in [7, 11) is 0. The van der Waals surface area contributed by atoms with Crippen molar-refractivity contribution in [3.05, 3.63) is 0 Å². The van der Waals surface area contributed by atoms with E-state index in [0.29, 0.717) is 0 Å². The summed E-state index contributed by atoms with van der Waals surface area (Å²) in [5.41, 5.74) is 0. The van der Waals surface area contributed by atoms with Gasteiger partial charge in [0.1, 0.15) is 0 Å². The molecule has 0 saturated carbocycles. The zero-order valence-corrected chi connectivity index (χ0v) is 3.86. The van der Waals surface area contributed by atoms with Crippen LogP contribution in [0.25, 0.3) is 0 Å². The molecule has 1 N–H and O–H groups in total. The van der Waals surface area contributed by atoms with Gasteiger partial charge >= 0.3 is 0 Å². The Bertz CT molecular complexity index is 196. The molecule has 0 fully saturated rings. The van der Waals surface area contributed by atoms with Gasteiger partial charge in [-0.3, -0.25) is 0 Å². The molecule has 0 aromatic heterocycles. The van der Waals surface area contributed by atoms with Crippen LogP contribution in [0.4, 0.5) is 0 Å². The van der Waals surface area contributed by atoms with Gasteiger partial charge in [0.25, 0.3) is 0 Å². The van der Waals surface area contributed by atoms with Crippen LogP contribution in [0.15, 0.2) is 0 Å². The summed E-state index contributed by atoms with van der Waals surface area (Å²) in [5, 5.41) is 8.30. The van der Waals surface area contributed by atoms with Gasteiger partial charge in [-0.2, -0.15) is 0 Å². The van der Waals surface area contributed by atoms with E-state index < -0.39 is 13.2 Å². The van der Waals surface area contributed by atoms with Crippen LogP contribution in [0.3, 0.4) is 0 Å². The molecule has 40 valence electrons. The van der Waals surface area contributed by atoms with Crippen LogP contribution in [0.5, 0.6) is 0 Å². The van der Waals surface area contributed by atoms with Crippen LogP contribution < -0.4 is 0 Å². The van der Waals surface area contributed by atoms with Crippen LogP contribution in [-0.4, -0.2) is 11.7 Å². The van der Waals surface area contributed by atoms with E-state index in [1.165, 1.54) is 0 Å². The Kier molecular flexibility index (Phi) is 1.42. The van der Waals surface area contributed by atoms with Crippen molar-refractivity contribution in [2.45, 2.75) is 19.6 Å². The highest BCUT2D eigenvalue weighted by Gasteiger charge is 1.66. The zero-order valence-electron chi connectivity index (χ0n) is 8.86. The number of aliphatic hydroxyl groups excluding tert-OH is 1. The van der Waals surface area contributed by atoms with Crippen molar-refractivity contribution < 1.29 is 12.0 Å². The molecule has 7 heavy (non-hydrogen) atoms. The van der Waals surface area contributed by atoms with Crippen LogP contribution in [0.2, 0.25) is 0 Å². The molecule has 0 saturated heterocycles. The first-order valence-corrected chi connectivity index (χ1v) is 1.92. The molecule has 0 aromatic rings. The average molecular weight is 103 g/mol. The Morgan fingerprint density at radius 2 is 2.71 bits per heavy atom. The molecular weight excluding hydrogens is 88.1 g/mol. The van der Waals surface area contributed by atoms with E-state index in [1.54, 1.807) is 0 Å². The fraction of sp³-hybridized carbons (Fsp3) is 0.667. The highest BCUT2D eigenvalue weighted by atomic mass is 16.2. The molecule has 0 heterocycles. The molecule has 0 aliphatic carbocycles. The quantitative estimate of drug-likeness (QED) is 0.486. The fourth-order valence-electron chi connectivity index (χ4n) is 0.163. The van der Waals surface area contributed by atoms with Gasteiger partial charge in [-0.25, -0.2) is 0 Å². The number of hydrogen-bond acceptors (Lipinski definition) is 1. The maximum Gasteiger partial charge on any atom is 0.0540 e. The molecule has 1 nitrogen and oxygen atoms in total. The van der Waals surface area contributed by atoms with Gasteiger partial charge in [0.05, 0.1) is 6.61 Å². The lowest BCUT2D eigenvalue weighted by Crippen LogP contribution is -1.74. The summed E-state index contributed by atoms with van der Waals surface area (Å²) in [6, 6.07) is 0. The van der Waals surface area contributed by atoms with E-state index in [2.05, 4.69) is 5.92 Å². The summed E-state index contributed by atoms with van der Waals surface area (Å²) in [4.78, 5) is 0. The lowest BCUT2D eigenvalue weighted by molar-refractivity contribution is 0.305. The van der Waals surface area contributed by atoms with Crippen LogP contribution in [0.1, 0.15) is 26.5 Å². The van der Waals surface area contributed by atoms with Crippen molar-refractivity contribution >= 4 is 0 Å². The molecule has 0 aliphatic rings. The highest BCUT2D eigenvalue weighted by Crippen LogP contribution is 1.71. The minimum Gasteiger partial charge on any atom is -0.395 e. The molecule has 0 atom stereocenters. The third-order valence-electron chi connectivity index (χ3n) is 0.388. The van der Waals surface area contributed by atoms with Crippen molar-refractivity contribution in [1.29, 1.82) is 0 Å². The van der Waals surface area contributed by atoms with E-state index in [-0.39, 0.29) is 13.0 Å². The lowest BCUT2D eigenvalue weighted by Gasteiger charge is -1.74. The third kappa shape index (κ3) is 5.52. The molecule has 0 spiro atoms. The monoisotopic (exact) mass is 103 g/mol. The molecule has 0 aromatic carbocycles. The summed E-state index contributed by atoms with van der Waals surface area (Å²) < 4.78 is 34.3. The molecule has 0 rings (SSSR count). The van der Waals surface area contributed by atoms with Crippen LogP contribution in [0, 0.1) is 11.8 Å². The summed E-state index contributed by atoms with van der Waals surface area (Å²) >= 11 is 0. The van der Waals surface area contributed by atoms with E-state index in [9.17, 15) is 0 Å². The zero-order chi connectivity index (χ0) is 9.83. The number of aliphatic hydroxyl groups is 1. The SMILES string of the molecule is [2H]C([2H])([2H])C([2H])([2H])C#CCCO. The van der Waals surface area contributed by atoms with Gasteiger partial charge in [0, 0.05) is 19.6 Å². The Morgan fingerprint density at radius 1 is 1.86 bits per heavy atom. The topological polar surface area (TPSA) is 20.2 Å². The second-order valence-electron chi connectivity index (χ2n) is 0.900. The first kappa shape index (κ1) is 1.80. The largest absolute Gasteiger partial charge is 0.395 e. The molecule has 1 heteroatoms. The minimum atomic E-state index is -2.73. The Morgan fingerprint density at radius 3 is 3.29 bits per heavy atom. The van der Waals surface area contributed by atoms with Crippen LogP contribution >= 0.6 is 0 Å². The van der Waals surface area contributed by atoms with Gasteiger partial charge in [-0.15, -0.1) is 11.8 Å². The second kappa shape index (κ2) is 5.52. The molecule has 0 radical (unpaired) electrons. The van der Waals surface area contributed by atoms with Crippen molar-refractivity contribution in [1.82, 2.24) is 0 Å². The van der Waals surface area contributed by atoms with E-state index in [1.807, 2.05) is 5.92 Å². The van der Waals surface area contributed by atoms with Gasteiger partial charge in [-0.1, -0.05) is 6.85 Å². The summed E-state index contributed by atoms with van der Waals surface area (Å²) in [6.07, 6.45) is -2.39. The van der Waals surface area contributed by atoms with Gasteiger partial charge < -0.3 is 5.11 Å². The molecule has 0 unspecified atom stereocenters. The van der Waals surface area contributed by atoms with Gasteiger partial charge in [-0.05, 0) is 0 Å². The number of rotatable bonds is 1. The molecule has 0 amide bonds. The lowest BCUT2D eigenvalue weighted by atomic mass is 10.4. The first-order valence-electron chi connectivity index (χ1n) is 4.42. The van der Waals surface area contributed by atoms with E-state index >= 15 is 0 Å². The maximum absolute atomic E-state index is 8.30. The summed E-state index contributed by atoms with van der Waals surface area (Å²) in [5.74, 6) is 4.21. The van der Waals surface area contributed by atoms with Gasteiger partial charge in [0.2, 0.25) is 0 Å². The Labute approximate surface area is 51.4 Å². The number of hydrogen-bond donors (Lipinski definition) is 1. The predicted octanol–water partition coefficient (Wildman–Crippen LogP) is 0.782. The molecule has 0 aliphatic heterocycles. The summed E-state index contributed by atoms with van der Waals surface area (Å²) in [6.45, 7) is -2.92. The van der Waals surface area contributed by atoms with Crippen LogP contribution in [-0.2, 0) is 0 Å². The first-order chi connectivity index (χ1) is 5.31. The van der Waals surface area contributed by atoms with E-state index in [4.69, 9.17) is 12.0 Å². The molecule has 0 bridgehead atoms. The standard InChI is InChI=1S/C6H10O/c1-2-3-4-5-6-7/h7H,2,5-6H2,1H3/i1D3,2D2. The Balaban J connectivity index is 4.35.